The third-order valence-electron chi connectivity index (χ3n) is 0.333. The van der Waals surface area contributed by atoms with E-state index < -0.39 is 0 Å². The number of methoxy groups -OCH3 is 1. The van der Waals surface area contributed by atoms with Gasteiger partial charge in [0.15, 0.2) is 0 Å². The number of ether oxygens (including phenoxy) is 1. The Kier molecular flexibility index (Phi) is 11.2. The molecule has 0 aromatic carbocycles. The summed E-state index contributed by atoms with van der Waals surface area (Å²) in [5.74, 6) is 0. The van der Waals surface area contributed by atoms with Gasteiger partial charge in [-0.2, -0.15) is 0 Å². The monoisotopic (exact) mass is 334 g/mol. The first-order valence-electron chi connectivity index (χ1n) is 1.43. The maximum atomic E-state index is 4.60. The summed E-state index contributed by atoms with van der Waals surface area (Å²) in [6.07, 6.45) is 1.88. The molecule has 0 rings (SSSR count). The summed E-state index contributed by atoms with van der Waals surface area (Å²) in [7, 11) is 1.57. The predicted octanol–water partition coefficient (Wildman–Crippen LogP) is 0.0968. The number of thioether (sulfide) groups is 1. The van der Waals surface area contributed by atoms with Crippen LogP contribution < -0.4 is 0 Å². The summed E-state index contributed by atoms with van der Waals surface area (Å²) in [4.78, 5) is 0. The van der Waals surface area contributed by atoms with E-state index >= 15 is 0 Å². The van der Waals surface area contributed by atoms with Crippen LogP contribution in [-0.2, 0) is 4.74 Å². The Morgan fingerprint density at radius 2 is 2.14 bits per heavy atom. The van der Waals surface area contributed by atoms with Crippen LogP contribution >= 0.6 is 24.0 Å². The Morgan fingerprint density at radius 1 is 1.71 bits per heavy atom. The molecule has 0 aromatic heterocycles. The van der Waals surface area contributed by atoms with Gasteiger partial charge < -0.3 is 4.74 Å². The van der Waals surface area contributed by atoms with Gasteiger partial charge in [-0.25, -0.2) is 0 Å². The van der Waals surface area contributed by atoms with Crippen molar-refractivity contribution in [3.8, 4) is 0 Å². The molecule has 0 saturated carbocycles. The Morgan fingerprint density at radius 3 is 2.14 bits per heavy atom. The predicted molar refractivity (Wildman–Crippen MR) is 43.1 cm³/mol. The Bertz CT molecular complexity index is 50.9. The third-order valence-corrected chi connectivity index (χ3v) is 1.50. The van der Waals surface area contributed by atoms with Gasteiger partial charge in [0.05, 0.1) is 7.11 Å². The summed E-state index contributed by atoms with van der Waals surface area (Å²) >= 11 is 6.03. The van der Waals surface area contributed by atoms with Crippen molar-refractivity contribution in [2.24, 2.45) is 0 Å². The van der Waals surface area contributed by atoms with E-state index in [0.717, 1.165) is 0 Å². The normalized spacial score (nSPS) is 6.57. The van der Waals surface area contributed by atoms with Crippen molar-refractivity contribution >= 4 is 54.6 Å². The van der Waals surface area contributed by atoms with Gasteiger partial charge in [0.25, 0.3) is 0 Å². The minimum atomic E-state index is 0. The van der Waals surface area contributed by atoms with Crippen molar-refractivity contribution in [3.05, 3.63) is 0 Å². The van der Waals surface area contributed by atoms with Gasteiger partial charge in [0.1, 0.15) is 0 Å². The molecule has 0 aromatic rings. The van der Waals surface area contributed by atoms with Crippen LogP contribution in [0.1, 0.15) is 0 Å². The van der Waals surface area contributed by atoms with Crippen molar-refractivity contribution in [1.29, 1.82) is 0 Å². The molecular weight excluding hydrogens is 325 g/mol. The second-order valence-corrected chi connectivity index (χ2v) is 2.07. The van der Waals surface area contributed by atoms with Crippen LogP contribution in [-0.4, -0.2) is 44.0 Å². The molecule has 0 aliphatic heterocycles. The molecule has 0 aliphatic carbocycles. The van der Waals surface area contributed by atoms with Crippen LogP contribution in [0.2, 0.25) is 0 Å². The number of hydrogen-bond donors (Lipinski definition) is 0. The fourth-order valence-corrected chi connectivity index (χ4v) is 0.250. The van der Waals surface area contributed by atoms with Crippen molar-refractivity contribution in [1.82, 2.24) is 0 Å². The number of rotatable bonds is 0. The molecule has 1 nitrogen and oxygen atoms in total. The average molecular weight is 334 g/mol. The van der Waals surface area contributed by atoms with Gasteiger partial charge >= 0.3 is 26.2 Å². The summed E-state index contributed by atoms with van der Waals surface area (Å²) in [5, 5.41) is 0. The molecule has 0 unspecified atom stereocenters. The second-order valence-electron chi connectivity index (χ2n) is 0.658. The van der Waals surface area contributed by atoms with E-state index in [1.54, 1.807) is 7.11 Å². The van der Waals surface area contributed by atoms with Crippen LogP contribution in [0.3, 0.4) is 0 Å². The van der Waals surface area contributed by atoms with Crippen molar-refractivity contribution in [2.45, 2.75) is 0 Å². The fourth-order valence-electron chi connectivity index (χ4n) is 0.0833. The van der Waals surface area contributed by atoms with Crippen LogP contribution in [0.4, 0.5) is 0 Å². The summed E-state index contributed by atoms with van der Waals surface area (Å²) in [6.45, 7) is 0. The molecule has 7 heavy (non-hydrogen) atoms. The molecule has 0 atom stereocenters. The average Bonchev–Trinajstić information content (AvgIpc) is 1.65. The molecular formula is C3H9BiOS2. The zero-order chi connectivity index (χ0) is 4.99. The van der Waals surface area contributed by atoms with Crippen LogP contribution in [0.15, 0.2) is 0 Å². The number of hydrogen-bond acceptors (Lipinski definition) is 3. The first kappa shape index (κ1) is 11.0. The van der Waals surface area contributed by atoms with E-state index in [0.29, 0.717) is 4.38 Å². The standard InChI is InChI=1S/C3H6OS2.Bi.3H/c1-4-3(5)6-2;;;;/h1-2H3;;;;. The van der Waals surface area contributed by atoms with Gasteiger partial charge in [-0.05, 0) is 18.5 Å². The van der Waals surface area contributed by atoms with Gasteiger partial charge in [-0.15, -0.1) is 0 Å². The molecule has 0 aliphatic rings. The molecule has 0 heterocycles. The maximum absolute atomic E-state index is 4.60. The Hall–Kier alpha value is 1.12. The summed E-state index contributed by atoms with van der Waals surface area (Å²) in [5.41, 5.74) is 0. The fraction of sp³-hybridized carbons (Fsp3) is 0.667. The molecule has 0 spiro atoms. The zero-order valence-electron chi connectivity index (χ0n) is 4.43. The van der Waals surface area contributed by atoms with Crippen molar-refractivity contribution in [3.63, 3.8) is 0 Å². The zero-order valence-corrected chi connectivity index (χ0v) is 11.6. The van der Waals surface area contributed by atoms with E-state index in [4.69, 9.17) is 0 Å². The van der Waals surface area contributed by atoms with Gasteiger partial charge in [0.2, 0.25) is 4.38 Å². The molecule has 0 N–H and O–H groups in total. The molecule has 4 heteroatoms. The topological polar surface area (TPSA) is 9.23 Å². The van der Waals surface area contributed by atoms with E-state index in [1.807, 2.05) is 6.26 Å². The van der Waals surface area contributed by atoms with Crippen LogP contribution in [0.25, 0.3) is 0 Å². The van der Waals surface area contributed by atoms with Gasteiger partial charge in [0, 0.05) is 0 Å². The quantitative estimate of drug-likeness (QED) is 0.459. The van der Waals surface area contributed by atoms with Crippen LogP contribution in [0, 0.1) is 0 Å². The Balaban J connectivity index is 0. The van der Waals surface area contributed by atoms with Gasteiger partial charge in [-0.1, -0.05) is 11.8 Å². The third kappa shape index (κ3) is 7.12. The van der Waals surface area contributed by atoms with E-state index in [9.17, 15) is 0 Å². The minimum absolute atomic E-state index is 0. The molecule has 0 amide bonds. The van der Waals surface area contributed by atoms with Crippen molar-refractivity contribution < 1.29 is 4.74 Å². The summed E-state index contributed by atoms with van der Waals surface area (Å²) < 4.78 is 5.19. The first-order valence-corrected chi connectivity index (χ1v) is 3.06. The molecule has 0 saturated heterocycles. The number of thiocarbonyl (C=S) groups is 1. The molecule has 0 fully saturated rings. The molecule has 0 bridgehead atoms. The van der Waals surface area contributed by atoms with Crippen molar-refractivity contribution in [2.75, 3.05) is 13.4 Å². The van der Waals surface area contributed by atoms with Crippen LogP contribution in [0.5, 0.6) is 0 Å². The second kappa shape index (κ2) is 7.12. The molecule has 0 radical (unpaired) electrons. The van der Waals surface area contributed by atoms with Gasteiger partial charge in [-0.3, -0.25) is 0 Å². The molecule has 44 valence electrons. The van der Waals surface area contributed by atoms with E-state index in [-0.39, 0.29) is 26.2 Å². The first-order chi connectivity index (χ1) is 2.81. The van der Waals surface area contributed by atoms with E-state index in [2.05, 4.69) is 17.0 Å². The van der Waals surface area contributed by atoms with E-state index in [1.165, 1.54) is 11.8 Å². The Labute approximate surface area is 72.3 Å². The SMILES string of the molecule is COC(=S)SC.[BiH3]. The summed E-state index contributed by atoms with van der Waals surface area (Å²) in [6, 6.07) is 0.